The smallest absolute Gasteiger partial charge is 0.0184 e. The number of aryl methyl sites for hydroxylation is 1. The number of rotatable bonds is 2. The normalized spacial score (nSPS) is 10.3. The molecular formula is C14H14N. The first-order valence-electron chi connectivity index (χ1n) is 5.08. The van der Waals surface area contributed by atoms with E-state index in [0.717, 1.165) is 0 Å². The minimum atomic E-state index is 0.579. The predicted octanol–water partition coefficient (Wildman–Crippen LogP) is 2.92. The summed E-state index contributed by atoms with van der Waals surface area (Å²) >= 11 is 0. The van der Waals surface area contributed by atoms with E-state index in [4.69, 9.17) is 5.73 Å². The molecule has 0 fully saturated rings. The van der Waals surface area contributed by atoms with Gasteiger partial charge in [0.1, 0.15) is 0 Å². The summed E-state index contributed by atoms with van der Waals surface area (Å²) < 4.78 is 0. The first-order valence-corrected chi connectivity index (χ1v) is 5.08. The molecule has 0 aliphatic rings. The van der Waals surface area contributed by atoms with Crippen LogP contribution in [-0.4, -0.2) is 0 Å². The minimum Gasteiger partial charge on any atom is -0.326 e. The van der Waals surface area contributed by atoms with Crippen molar-refractivity contribution >= 4 is 0 Å². The molecule has 0 unspecified atom stereocenters. The van der Waals surface area contributed by atoms with Crippen molar-refractivity contribution < 1.29 is 0 Å². The molecule has 0 atom stereocenters. The van der Waals surface area contributed by atoms with E-state index in [-0.39, 0.29) is 0 Å². The quantitative estimate of drug-likeness (QED) is 0.785. The molecule has 2 rings (SSSR count). The standard InChI is InChI=1S/C14H14N/c1-11-6-5-9-13(10-15)14(11)12-7-3-2-4-8-12/h3-9H,10,15H2,1H3. The van der Waals surface area contributed by atoms with Crippen LogP contribution in [0.2, 0.25) is 0 Å². The molecule has 0 heterocycles. The van der Waals surface area contributed by atoms with E-state index in [1.54, 1.807) is 0 Å². The zero-order valence-corrected chi connectivity index (χ0v) is 8.83. The van der Waals surface area contributed by atoms with Crippen LogP contribution in [0.5, 0.6) is 0 Å². The molecule has 0 aliphatic carbocycles. The Balaban J connectivity index is 2.61. The van der Waals surface area contributed by atoms with Crippen molar-refractivity contribution in [3.05, 3.63) is 59.7 Å². The number of hydrogen-bond acceptors (Lipinski definition) is 1. The Bertz CT molecular complexity index is 446. The summed E-state index contributed by atoms with van der Waals surface area (Å²) in [5.41, 5.74) is 10.7. The van der Waals surface area contributed by atoms with Gasteiger partial charge in [-0.3, -0.25) is 0 Å². The predicted molar refractivity (Wildman–Crippen MR) is 63.3 cm³/mol. The van der Waals surface area contributed by atoms with Gasteiger partial charge in [0.2, 0.25) is 0 Å². The molecular weight excluding hydrogens is 182 g/mol. The molecule has 75 valence electrons. The monoisotopic (exact) mass is 196 g/mol. The summed E-state index contributed by atoms with van der Waals surface area (Å²) in [6.45, 7) is 2.70. The van der Waals surface area contributed by atoms with E-state index in [0.29, 0.717) is 6.54 Å². The van der Waals surface area contributed by atoms with E-state index < -0.39 is 0 Å². The summed E-state index contributed by atoms with van der Waals surface area (Å²) in [5, 5.41) is 0. The highest BCUT2D eigenvalue weighted by molar-refractivity contribution is 5.70. The maximum atomic E-state index is 5.75. The molecule has 0 saturated heterocycles. The van der Waals surface area contributed by atoms with Gasteiger partial charge in [-0.2, -0.15) is 0 Å². The zero-order valence-electron chi connectivity index (χ0n) is 8.83. The fourth-order valence-electron chi connectivity index (χ4n) is 1.87. The van der Waals surface area contributed by atoms with Crippen LogP contribution in [0.4, 0.5) is 0 Å². The van der Waals surface area contributed by atoms with Crippen LogP contribution in [0.3, 0.4) is 0 Å². The molecule has 0 bridgehead atoms. The van der Waals surface area contributed by atoms with Crippen molar-refractivity contribution in [2.24, 2.45) is 5.73 Å². The van der Waals surface area contributed by atoms with Gasteiger partial charge in [-0.05, 0) is 35.2 Å². The molecule has 0 amide bonds. The molecule has 2 aromatic carbocycles. The summed E-state index contributed by atoms with van der Waals surface area (Å²) in [6, 6.07) is 17.3. The van der Waals surface area contributed by atoms with Crippen LogP contribution < -0.4 is 5.73 Å². The maximum Gasteiger partial charge on any atom is 0.0184 e. The fraction of sp³-hybridized carbons (Fsp3) is 0.143. The molecule has 0 aliphatic heterocycles. The van der Waals surface area contributed by atoms with Gasteiger partial charge in [-0.1, -0.05) is 42.5 Å². The highest BCUT2D eigenvalue weighted by atomic mass is 14.5. The molecule has 0 aromatic heterocycles. The van der Waals surface area contributed by atoms with Crippen molar-refractivity contribution in [1.82, 2.24) is 0 Å². The Morgan fingerprint density at radius 3 is 2.53 bits per heavy atom. The number of benzene rings is 2. The van der Waals surface area contributed by atoms with Gasteiger partial charge in [0.05, 0.1) is 0 Å². The highest BCUT2D eigenvalue weighted by Crippen LogP contribution is 2.26. The van der Waals surface area contributed by atoms with E-state index in [1.165, 1.54) is 22.3 Å². The second-order valence-corrected chi connectivity index (χ2v) is 3.60. The lowest BCUT2D eigenvalue weighted by Crippen LogP contribution is -2.00. The van der Waals surface area contributed by atoms with E-state index in [2.05, 4.69) is 43.3 Å². The van der Waals surface area contributed by atoms with Crippen LogP contribution in [0.15, 0.2) is 42.5 Å². The van der Waals surface area contributed by atoms with E-state index >= 15 is 0 Å². The molecule has 2 N–H and O–H groups in total. The van der Waals surface area contributed by atoms with Gasteiger partial charge >= 0.3 is 0 Å². The SMILES string of the molecule is Cc1cccc(CN)c1-c1cc[c]cc1. The highest BCUT2D eigenvalue weighted by Gasteiger charge is 2.05. The lowest BCUT2D eigenvalue weighted by Gasteiger charge is -2.11. The lowest BCUT2D eigenvalue weighted by atomic mass is 9.95. The van der Waals surface area contributed by atoms with Gasteiger partial charge in [0, 0.05) is 6.54 Å². The van der Waals surface area contributed by atoms with Crippen LogP contribution >= 0.6 is 0 Å². The third-order valence-corrected chi connectivity index (χ3v) is 2.59. The minimum absolute atomic E-state index is 0.579. The van der Waals surface area contributed by atoms with Crippen LogP contribution in [0.25, 0.3) is 11.1 Å². The summed E-state index contributed by atoms with van der Waals surface area (Å²) in [7, 11) is 0. The molecule has 15 heavy (non-hydrogen) atoms. The van der Waals surface area contributed by atoms with Crippen LogP contribution in [0.1, 0.15) is 11.1 Å². The van der Waals surface area contributed by atoms with Gasteiger partial charge in [0.25, 0.3) is 0 Å². The van der Waals surface area contributed by atoms with Crippen molar-refractivity contribution in [2.75, 3.05) is 0 Å². The van der Waals surface area contributed by atoms with Crippen molar-refractivity contribution in [3.63, 3.8) is 0 Å². The third kappa shape index (κ3) is 1.92. The molecule has 1 nitrogen and oxygen atoms in total. The third-order valence-electron chi connectivity index (χ3n) is 2.59. The Kier molecular flexibility index (Phi) is 2.84. The Morgan fingerprint density at radius 2 is 1.87 bits per heavy atom. The molecule has 0 saturated carbocycles. The van der Waals surface area contributed by atoms with E-state index in [1.807, 2.05) is 12.1 Å². The molecule has 0 spiro atoms. The lowest BCUT2D eigenvalue weighted by molar-refractivity contribution is 1.07. The number of nitrogens with two attached hydrogens (primary N) is 1. The topological polar surface area (TPSA) is 26.0 Å². The first kappa shape index (κ1) is 9.94. The summed E-state index contributed by atoms with van der Waals surface area (Å²) in [5.74, 6) is 0. The largest absolute Gasteiger partial charge is 0.326 e. The maximum absolute atomic E-state index is 5.75. The molecule has 1 radical (unpaired) electrons. The molecule has 1 heteroatoms. The second-order valence-electron chi connectivity index (χ2n) is 3.60. The summed E-state index contributed by atoms with van der Waals surface area (Å²) in [4.78, 5) is 0. The Hall–Kier alpha value is -1.60. The van der Waals surface area contributed by atoms with Gasteiger partial charge in [0.15, 0.2) is 0 Å². The average molecular weight is 196 g/mol. The fourth-order valence-corrected chi connectivity index (χ4v) is 1.87. The van der Waals surface area contributed by atoms with Crippen molar-refractivity contribution in [2.45, 2.75) is 13.5 Å². The molecule has 2 aromatic rings. The van der Waals surface area contributed by atoms with Crippen LogP contribution in [-0.2, 0) is 6.54 Å². The summed E-state index contributed by atoms with van der Waals surface area (Å²) in [6.07, 6.45) is 0. The zero-order chi connectivity index (χ0) is 10.7. The average Bonchev–Trinajstić information content (AvgIpc) is 2.29. The van der Waals surface area contributed by atoms with Gasteiger partial charge in [-0.25, -0.2) is 0 Å². The van der Waals surface area contributed by atoms with Crippen LogP contribution in [0, 0.1) is 13.0 Å². The van der Waals surface area contributed by atoms with Crippen molar-refractivity contribution in [1.29, 1.82) is 0 Å². The Labute approximate surface area is 90.6 Å². The second kappa shape index (κ2) is 4.28. The first-order chi connectivity index (χ1) is 7.33. The van der Waals surface area contributed by atoms with E-state index in [9.17, 15) is 0 Å². The van der Waals surface area contributed by atoms with Gasteiger partial charge in [-0.15, -0.1) is 0 Å². The Morgan fingerprint density at radius 1 is 1.13 bits per heavy atom. The van der Waals surface area contributed by atoms with Gasteiger partial charge < -0.3 is 5.73 Å². The van der Waals surface area contributed by atoms with Crippen molar-refractivity contribution in [3.8, 4) is 11.1 Å². The number of hydrogen-bond donors (Lipinski definition) is 1.